The topological polar surface area (TPSA) is 44.0 Å². The van der Waals surface area contributed by atoms with Gasteiger partial charge in [-0.25, -0.2) is 0 Å². The number of rotatable bonds is 1. The van der Waals surface area contributed by atoms with E-state index in [0.717, 1.165) is 10.4 Å². The second kappa shape index (κ2) is 4.34. The molecule has 0 amide bonds. The van der Waals surface area contributed by atoms with Crippen molar-refractivity contribution in [3.63, 3.8) is 0 Å². The molecule has 0 radical (unpaired) electrons. The maximum Gasteiger partial charge on any atom is 0.135 e. The number of thiophene rings is 1. The van der Waals surface area contributed by atoms with Gasteiger partial charge >= 0.3 is 0 Å². The van der Waals surface area contributed by atoms with Crippen molar-refractivity contribution in [3.8, 4) is 22.3 Å². The summed E-state index contributed by atoms with van der Waals surface area (Å²) in [6.45, 7) is 0. The van der Waals surface area contributed by atoms with Gasteiger partial charge < -0.3 is 5.11 Å². The third kappa shape index (κ3) is 2.00. The zero-order valence-corrected chi connectivity index (χ0v) is 10.2. The van der Waals surface area contributed by atoms with E-state index in [2.05, 4.69) is 6.07 Å². The second-order valence-electron chi connectivity index (χ2n) is 3.06. The van der Waals surface area contributed by atoms with Gasteiger partial charge in [-0.2, -0.15) is 5.26 Å². The van der Waals surface area contributed by atoms with Crippen LogP contribution in [0.1, 0.15) is 4.88 Å². The van der Waals surface area contributed by atoms with Crippen molar-refractivity contribution in [2.75, 3.05) is 0 Å². The maximum atomic E-state index is 9.36. The van der Waals surface area contributed by atoms with Crippen molar-refractivity contribution in [3.05, 3.63) is 39.2 Å². The van der Waals surface area contributed by atoms with E-state index in [1.807, 2.05) is 0 Å². The Bertz CT molecular complexity index is 586. The SMILES string of the molecule is N#Cc1ccc(-c2cc(Cl)c(O)cc2Cl)s1. The molecule has 0 saturated heterocycles. The average Bonchev–Trinajstić information content (AvgIpc) is 2.71. The molecule has 0 spiro atoms. The molecule has 0 aliphatic heterocycles. The minimum absolute atomic E-state index is 0.0486. The molecular formula is C11H5Cl2NOS. The van der Waals surface area contributed by atoms with E-state index in [-0.39, 0.29) is 10.8 Å². The minimum atomic E-state index is -0.0486. The summed E-state index contributed by atoms with van der Waals surface area (Å²) in [5, 5.41) is 18.7. The zero-order chi connectivity index (χ0) is 11.7. The third-order valence-corrected chi connectivity index (χ3v) is 3.66. The number of phenols is 1. The Morgan fingerprint density at radius 1 is 1.19 bits per heavy atom. The van der Waals surface area contributed by atoms with Crippen LogP contribution in [0.15, 0.2) is 24.3 Å². The number of nitriles is 1. The molecule has 1 N–H and O–H groups in total. The first-order valence-electron chi connectivity index (χ1n) is 4.30. The standard InChI is InChI=1S/C11H5Cl2NOS/c12-8-4-10(15)9(13)3-7(8)11-2-1-6(5-14)16-11/h1-4,15H. The molecule has 1 aromatic carbocycles. The lowest BCUT2D eigenvalue weighted by molar-refractivity contribution is 0.475. The van der Waals surface area contributed by atoms with Crippen molar-refractivity contribution >= 4 is 34.5 Å². The Morgan fingerprint density at radius 3 is 2.56 bits per heavy atom. The van der Waals surface area contributed by atoms with Crippen LogP contribution in [0.4, 0.5) is 0 Å². The fourth-order valence-corrected chi connectivity index (χ4v) is 2.58. The lowest BCUT2D eigenvalue weighted by Crippen LogP contribution is -1.76. The summed E-state index contributed by atoms with van der Waals surface area (Å²) in [6.07, 6.45) is 0. The Morgan fingerprint density at radius 2 is 1.94 bits per heavy atom. The van der Waals surface area contributed by atoms with Gasteiger partial charge in [-0.3, -0.25) is 0 Å². The molecule has 5 heteroatoms. The highest BCUT2D eigenvalue weighted by atomic mass is 35.5. The van der Waals surface area contributed by atoms with Crippen molar-refractivity contribution in [1.29, 1.82) is 5.26 Å². The highest BCUT2D eigenvalue weighted by molar-refractivity contribution is 7.16. The van der Waals surface area contributed by atoms with Crippen LogP contribution in [0, 0.1) is 11.3 Å². The summed E-state index contributed by atoms with van der Waals surface area (Å²) in [5.74, 6) is -0.0486. The van der Waals surface area contributed by atoms with Crippen LogP contribution in [0.5, 0.6) is 5.75 Å². The Kier molecular flexibility index (Phi) is 3.06. The largest absolute Gasteiger partial charge is 0.506 e. The van der Waals surface area contributed by atoms with Gasteiger partial charge in [-0.15, -0.1) is 11.3 Å². The van der Waals surface area contributed by atoms with E-state index in [4.69, 9.17) is 28.5 Å². The number of aromatic hydroxyl groups is 1. The molecule has 0 aliphatic carbocycles. The molecular weight excluding hydrogens is 265 g/mol. The summed E-state index contributed by atoms with van der Waals surface area (Å²) in [6, 6.07) is 8.56. The van der Waals surface area contributed by atoms with Gasteiger partial charge in [0.25, 0.3) is 0 Å². The van der Waals surface area contributed by atoms with Gasteiger partial charge in [0.15, 0.2) is 0 Å². The van der Waals surface area contributed by atoms with E-state index in [1.54, 1.807) is 18.2 Å². The highest BCUT2D eigenvalue weighted by Gasteiger charge is 2.10. The van der Waals surface area contributed by atoms with Crippen molar-refractivity contribution in [2.24, 2.45) is 0 Å². The quantitative estimate of drug-likeness (QED) is 0.839. The Balaban J connectivity index is 2.56. The van der Waals surface area contributed by atoms with Crippen molar-refractivity contribution < 1.29 is 5.11 Å². The van der Waals surface area contributed by atoms with Gasteiger partial charge in [0.1, 0.15) is 16.7 Å². The average molecular weight is 270 g/mol. The fraction of sp³-hybridized carbons (Fsp3) is 0. The first-order valence-corrected chi connectivity index (χ1v) is 5.87. The Labute approximate surface area is 106 Å². The highest BCUT2D eigenvalue weighted by Crippen LogP contribution is 2.38. The third-order valence-electron chi connectivity index (χ3n) is 2.02. The lowest BCUT2D eigenvalue weighted by atomic mass is 10.2. The molecule has 2 nitrogen and oxygen atoms in total. The molecule has 0 unspecified atom stereocenters. The number of benzene rings is 1. The first kappa shape index (κ1) is 11.3. The number of halogens is 2. The van der Waals surface area contributed by atoms with Crippen molar-refractivity contribution in [2.45, 2.75) is 0 Å². The zero-order valence-electron chi connectivity index (χ0n) is 7.87. The Hall–Kier alpha value is -1.21. The molecule has 1 aromatic heterocycles. The minimum Gasteiger partial charge on any atom is -0.506 e. The summed E-state index contributed by atoms with van der Waals surface area (Å²) < 4.78 is 0. The van der Waals surface area contributed by atoms with E-state index in [1.165, 1.54) is 17.4 Å². The van der Waals surface area contributed by atoms with Gasteiger partial charge in [0, 0.05) is 16.5 Å². The van der Waals surface area contributed by atoms with Gasteiger partial charge in [0.05, 0.1) is 10.0 Å². The molecule has 0 atom stereocenters. The molecule has 0 fully saturated rings. The van der Waals surface area contributed by atoms with E-state index >= 15 is 0 Å². The molecule has 1 heterocycles. The predicted molar refractivity (Wildman–Crippen MR) is 66.2 cm³/mol. The van der Waals surface area contributed by atoms with Crippen LogP contribution >= 0.6 is 34.5 Å². The maximum absolute atomic E-state index is 9.36. The molecule has 0 saturated carbocycles. The molecule has 0 aliphatic rings. The van der Waals surface area contributed by atoms with Gasteiger partial charge in [0.2, 0.25) is 0 Å². The summed E-state index contributed by atoms with van der Waals surface area (Å²) in [5.41, 5.74) is 0.718. The molecule has 80 valence electrons. The van der Waals surface area contributed by atoms with Crippen LogP contribution in [0.25, 0.3) is 10.4 Å². The lowest BCUT2D eigenvalue weighted by Gasteiger charge is -2.03. The summed E-state index contributed by atoms with van der Waals surface area (Å²) in [4.78, 5) is 1.46. The molecule has 2 aromatic rings. The van der Waals surface area contributed by atoms with E-state index in [9.17, 15) is 5.11 Å². The molecule has 0 bridgehead atoms. The van der Waals surface area contributed by atoms with E-state index in [0.29, 0.717) is 9.90 Å². The number of hydrogen-bond acceptors (Lipinski definition) is 3. The monoisotopic (exact) mass is 269 g/mol. The molecule has 16 heavy (non-hydrogen) atoms. The second-order valence-corrected chi connectivity index (χ2v) is 4.96. The van der Waals surface area contributed by atoms with E-state index < -0.39 is 0 Å². The molecule has 2 rings (SSSR count). The fourth-order valence-electron chi connectivity index (χ4n) is 1.27. The van der Waals surface area contributed by atoms with Crippen LogP contribution in [-0.2, 0) is 0 Å². The van der Waals surface area contributed by atoms with Crippen LogP contribution in [-0.4, -0.2) is 5.11 Å². The van der Waals surface area contributed by atoms with Crippen LogP contribution in [0.2, 0.25) is 10.0 Å². The number of nitrogens with zero attached hydrogens (tertiary/aromatic N) is 1. The smallest absolute Gasteiger partial charge is 0.135 e. The first-order chi connectivity index (χ1) is 7.61. The van der Waals surface area contributed by atoms with Crippen LogP contribution < -0.4 is 0 Å². The van der Waals surface area contributed by atoms with Crippen LogP contribution in [0.3, 0.4) is 0 Å². The number of hydrogen-bond donors (Lipinski definition) is 1. The summed E-state index contributed by atoms with van der Waals surface area (Å²) in [7, 11) is 0. The van der Waals surface area contributed by atoms with Gasteiger partial charge in [-0.1, -0.05) is 23.2 Å². The number of phenolic OH excluding ortho intramolecular Hbond substituents is 1. The normalized spacial score (nSPS) is 10.1. The predicted octanol–water partition coefficient (Wildman–Crippen LogP) is 4.30. The van der Waals surface area contributed by atoms with Crippen molar-refractivity contribution in [1.82, 2.24) is 0 Å². The summed E-state index contributed by atoms with van der Waals surface area (Å²) >= 11 is 13.1. The van der Waals surface area contributed by atoms with Gasteiger partial charge in [-0.05, 0) is 18.2 Å².